The van der Waals surface area contributed by atoms with Gasteiger partial charge in [-0.05, 0) is 12.5 Å². The Morgan fingerprint density at radius 2 is 1.42 bits per heavy atom. The van der Waals surface area contributed by atoms with Crippen molar-refractivity contribution in [3.05, 3.63) is 35.4 Å². The molecular weight excluding hydrogens is 246 g/mol. The lowest BCUT2D eigenvalue weighted by molar-refractivity contribution is 0.0204. The fraction of sp³-hybridized carbons (Fsp3) is 0.571. The average molecular weight is 269 g/mol. The molecule has 5 heteroatoms. The summed E-state index contributed by atoms with van der Waals surface area (Å²) in [6, 6.07) is 7.97. The Morgan fingerprint density at radius 1 is 0.947 bits per heavy atom. The highest BCUT2D eigenvalue weighted by Crippen LogP contribution is 2.08. The summed E-state index contributed by atoms with van der Waals surface area (Å²) < 4.78 is 0. The molecule has 2 unspecified atom stereocenters. The van der Waals surface area contributed by atoms with Crippen LogP contribution in [0.4, 0.5) is 0 Å². The molecule has 0 aliphatic heterocycles. The van der Waals surface area contributed by atoms with E-state index in [9.17, 15) is 10.2 Å². The van der Waals surface area contributed by atoms with E-state index < -0.39 is 12.2 Å². The van der Waals surface area contributed by atoms with Crippen LogP contribution in [0.25, 0.3) is 0 Å². The molecular formula is C14H23NO4. The Bertz CT molecular complexity index is 343. The number of hydrogen-bond donors (Lipinski definition) is 4. The van der Waals surface area contributed by atoms with Crippen LogP contribution in [-0.4, -0.2) is 63.8 Å². The molecule has 0 fully saturated rings. The maximum Gasteiger partial charge on any atom is 0.0897 e. The largest absolute Gasteiger partial charge is 0.394 e. The lowest BCUT2D eigenvalue weighted by atomic mass is 10.1. The molecule has 0 radical (unpaired) electrons. The molecule has 0 amide bonds. The van der Waals surface area contributed by atoms with E-state index in [1.807, 2.05) is 36.1 Å². The minimum atomic E-state index is -0.851. The van der Waals surface area contributed by atoms with Crippen LogP contribution in [0.1, 0.15) is 11.1 Å². The van der Waals surface area contributed by atoms with Crippen molar-refractivity contribution in [2.45, 2.75) is 25.7 Å². The average Bonchev–Trinajstić information content (AvgIpc) is 2.40. The molecule has 19 heavy (non-hydrogen) atoms. The van der Waals surface area contributed by atoms with E-state index in [4.69, 9.17) is 10.2 Å². The van der Waals surface area contributed by atoms with Crippen molar-refractivity contribution in [1.29, 1.82) is 0 Å². The van der Waals surface area contributed by atoms with E-state index in [1.54, 1.807) is 0 Å². The van der Waals surface area contributed by atoms with Crippen LogP contribution in [0.5, 0.6) is 0 Å². The molecule has 0 aromatic heterocycles. The van der Waals surface area contributed by atoms with Crippen LogP contribution < -0.4 is 0 Å². The summed E-state index contributed by atoms with van der Waals surface area (Å²) in [5, 5.41) is 36.8. The minimum Gasteiger partial charge on any atom is -0.394 e. The first-order valence-electron chi connectivity index (χ1n) is 6.41. The number of aryl methyl sites for hydroxylation is 1. The monoisotopic (exact) mass is 269 g/mol. The van der Waals surface area contributed by atoms with Gasteiger partial charge in [-0.2, -0.15) is 0 Å². The van der Waals surface area contributed by atoms with Crippen LogP contribution in [-0.2, 0) is 6.54 Å². The Hall–Kier alpha value is -0.980. The van der Waals surface area contributed by atoms with Gasteiger partial charge in [-0.15, -0.1) is 0 Å². The third-order valence-electron chi connectivity index (χ3n) is 2.89. The maximum absolute atomic E-state index is 9.50. The van der Waals surface area contributed by atoms with Crippen molar-refractivity contribution in [1.82, 2.24) is 4.90 Å². The summed E-state index contributed by atoms with van der Waals surface area (Å²) in [6.07, 6.45) is -1.70. The summed E-state index contributed by atoms with van der Waals surface area (Å²) in [6.45, 7) is 2.42. The molecule has 0 saturated carbocycles. The molecule has 0 spiro atoms. The molecule has 1 rings (SSSR count). The van der Waals surface area contributed by atoms with Crippen molar-refractivity contribution in [2.24, 2.45) is 0 Å². The molecule has 2 atom stereocenters. The van der Waals surface area contributed by atoms with Gasteiger partial charge in [0.05, 0.1) is 25.4 Å². The Balaban J connectivity index is 2.64. The number of aliphatic hydroxyl groups is 4. The quantitative estimate of drug-likeness (QED) is 0.511. The molecule has 4 N–H and O–H groups in total. The maximum atomic E-state index is 9.50. The lowest BCUT2D eigenvalue weighted by Gasteiger charge is -2.26. The Morgan fingerprint density at radius 3 is 1.84 bits per heavy atom. The van der Waals surface area contributed by atoms with Crippen LogP contribution in [0.15, 0.2) is 24.3 Å². The van der Waals surface area contributed by atoms with Crippen LogP contribution >= 0.6 is 0 Å². The fourth-order valence-electron chi connectivity index (χ4n) is 1.87. The number of hydrogen-bond acceptors (Lipinski definition) is 5. The summed E-state index contributed by atoms with van der Waals surface area (Å²) in [5.41, 5.74) is 2.22. The fourth-order valence-corrected chi connectivity index (χ4v) is 1.87. The number of aliphatic hydroxyl groups excluding tert-OH is 4. The highest BCUT2D eigenvalue weighted by atomic mass is 16.3. The first-order valence-corrected chi connectivity index (χ1v) is 6.41. The highest BCUT2D eigenvalue weighted by molar-refractivity contribution is 5.21. The Labute approximate surface area is 113 Å². The van der Waals surface area contributed by atoms with Gasteiger partial charge in [0, 0.05) is 19.6 Å². The molecule has 0 saturated heterocycles. The van der Waals surface area contributed by atoms with Crippen molar-refractivity contribution in [2.75, 3.05) is 26.3 Å². The number of rotatable bonds is 8. The van der Waals surface area contributed by atoms with Gasteiger partial charge >= 0.3 is 0 Å². The van der Waals surface area contributed by atoms with E-state index in [2.05, 4.69) is 0 Å². The van der Waals surface area contributed by atoms with Crippen molar-refractivity contribution >= 4 is 0 Å². The van der Waals surface area contributed by atoms with Crippen molar-refractivity contribution in [3.8, 4) is 0 Å². The van der Waals surface area contributed by atoms with Crippen LogP contribution in [0, 0.1) is 6.92 Å². The van der Waals surface area contributed by atoms with Gasteiger partial charge in [-0.1, -0.05) is 29.8 Å². The molecule has 0 heterocycles. The second-order valence-electron chi connectivity index (χ2n) is 4.85. The normalized spacial score (nSPS) is 14.6. The number of benzene rings is 1. The van der Waals surface area contributed by atoms with Crippen molar-refractivity contribution < 1.29 is 20.4 Å². The summed E-state index contributed by atoms with van der Waals surface area (Å²) in [7, 11) is 0. The van der Waals surface area contributed by atoms with Crippen LogP contribution in [0.2, 0.25) is 0 Å². The number of nitrogens with zero attached hydrogens (tertiary/aromatic N) is 1. The zero-order valence-corrected chi connectivity index (χ0v) is 11.2. The Kier molecular flexibility index (Phi) is 6.97. The molecule has 0 aliphatic carbocycles. The van der Waals surface area contributed by atoms with E-state index in [-0.39, 0.29) is 26.3 Å². The van der Waals surface area contributed by atoms with Gasteiger partial charge < -0.3 is 20.4 Å². The first-order chi connectivity index (χ1) is 9.05. The minimum absolute atomic E-state index is 0.251. The van der Waals surface area contributed by atoms with Gasteiger partial charge in [-0.25, -0.2) is 0 Å². The van der Waals surface area contributed by atoms with Gasteiger partial charge in [0.1, 0.15) is 0 Å². The standard InChI is InChI=1S/C14H23NO4/c1-11-2-4-12(5-3-11)6-15(7-13(18)9-16)8-14(19)10-17/h2-5,13-14,16-19H,6-10H2,1H3. The second kappa shape index (κ2) is 8.24. The van der Waals surface area contributed by atoms with E-state index in [1.165, 1.54) is 5.56 Å². The third kappa shape index (κ3) is 6.13. The summed E-state index contributed by atoms with van der Waals surface area (Å²) in [5.74, 6) is 0. The molecule has 0 bridgehead atoms. The zero-order valence-electron chi connectivity index (χ0n) is 11.2. The smallest absolute Gasteiger partial charge is 0.0897 e. The first kappa shape index (κ1) is 16.1. The lowest BCUT2D eigenvalue weighted by Crippen LogP contribution is -2.39. The zero-order chi connectivity index (χ0) is 14.3. The second-order valence-corrected chi connectivity index (χ2v) is 4.85. The highest BCUT2D eigenvalue weighted by Gasteiger charge is 2.15. The van der Waals surface area contributed by atoms with Gasteiger partial charge in [0.25, 0.3) is 0 Å². The molecule has 1 aromatic rings. The van der Waals surface area contributed by atoms with E-state index >= 15 is 0 Å². The SMILES string of the molecule is Cc1ccc(CN(CC(O)CO)CC(O)CO)cc1. The predicted molar refractivity (Wildman–Crippen MR) is 72.6 cm³/mol. The predicted octanol–water partition coefficient (Wildman–Crippen LogP) is -0.497. The van der Waals surface area contributed by atoms with Crippen molar-refractivity contribution in [3.63, 3.8) is 0 Å². The van der Waals surface area contributed by atoms with Crippen LogP contribution in [0.3, 0.4) is 0 Å². The van der Waals surface area contributed by atoms with Gasteiger partial charge in [0.15, 0.2) is 0 Å². The molecule has 108 valence electrons. The summed E-state index contributed by atoms with van der Waals surface area (Å²) in [4.78, 5) is 1.81. The van der Waals surface area contributed by atoms with Gasteiger partial charge in [-0.3, -0.25) is 4.90 Å². The topological polar surface area (TPSA) is 84.2 Å². The molecule has 1 aromatic carbocycles. The third-order valence-corrected chi connectivity index (χ3v) is 2.89. The summed E-state index contributed by atoms with van der Waals surface area (Å²) >= 11 is 0. The molecule has 5 nitrogen and oxygen atoms in total. The van der Waals surface area contributed by atoms with E-state index in [0.29, 0.717) is 6.54 Å². The molecule has 0 aliphatic rings. The van der Waals surface area contributed by atoms with Gasteiger partial charge in [0.2, 0.25) is 0 Å². The van der Waals surface area contributed by atoms with E-state index in [0.717, 1.165) is 5.56 Å².